The SMILES string of the molecule is Clc1ccc(Cc2nc(C3CCCN3)cs2)cc1. The summed E-state index contributed by atoms with van der Waals surface area (Å²) in [5, 5.41) is 7.64. The highest BCUT2D eigenvalue weighted by atomic mass is 35.5. The monoisotopic (exact) mass is 278 g/mol. The molecule has 0 saturated carbocycles. The van der Waals surface area contributed by atoms with Gasteiger partial charge in [0.25, 0.3) is 0 Å². The molecule has 2 heterocycles. The van der Waals surface area contributed by atoms with E-state index in [0.717, 1.165) is 18.0 Å². The Labute approximate surface area is 116 Å². The Hall–Kier alpha value is -0.900. The smallest absolute Gasteiger partial charge is 0.0972 e. The molecule has 1 unspecified atom stereocenters. The predicted molar refractivity (Wildman–Crippen MR) is 76.3 cm³/mol. The zero-order valence-corrected chi connectivity index (χ0v) is 11.6. The van der Waals surface area contributed by atoms with E-state index in [1.165, 1.54) is 29.1 Å². The van der Waals surface area contributed by atoms with E-state index in [4.69, 9.17) is 16.6 Å². The first kappa shape index (κ1) is 12.2. The molecule has 0 radical (unpaired) electrons. The molecule has 18 heavy (non-hydrogen) atoms. The molecule has 1 N–H and O–H groups in total. The van der Waals surface area contributed by atoms with E-state index in [9.17, 15) is 0 Å². The number of hydrogen-bond acceptors (Lipinski definition) is 3. The van der Waals surface area contributed by atoms with Crippen molar-refractivity contribution in [1.82, 2.24) is 10.3 Å². The summed E-state index contributed by atoms with van der Waals surface area (Å²) < 4.78 is 0. The fraction of sp³-hybridized carbons (Fsp3) is 0.357. The normalized spacial score (nSPS) is 19.3. The lowest BCUT2D eigenvalue weighted by atomic mass is 10.1. The lowest BCUT2D eigenvalue weighted by molar-refractivity contribution is 0.630. The van der Waals surface area contributed by atoms with Gasteiger partial charge in [-0.25, -0.2) is 4.98 Å². The van der Waals surface area contributed by atoms with Gasteiger partial charge in [-0.15, -0.1) is 11.3 Å². The molecule has 1 aliphatic heterocycles. The van der Waals surface area contributed by atoms with E-state index in [1.54, 1.807) is 11.3 Å². The van der Waals surface area contributed by atoms with Crippen LogP contribution in [0.4, 0.5) is 0 Å². The first-order valence-corrected chi connectivity index (χ1v) is 7.49. The molecule has 2 aromatic rings. The molecule has 3 rings (SSSR count). The van der Waals surface area contributed by atoms with Crippen molar-refractivity contribution in [3.63, 3.8) is 0 Å². The number of thiazole rings is 1. The zero-order chi connectivity index (χ0) is 12.4. The third-order valence-electron chi connectivity index (χ3n) is 3.26. The highest BCUT2D eigenvalue weighted by molar-refractivity contribution is 7.09. The number of rotatable bonds is 3. The summed E-state index contributed by atoms with van der Waals surface area (Å²) in [6, 6.07) is 8.47. The quantitative estimate of drug-likeness (QED) is 0.923. The second-order valence-corrected chi connectivity index (χ2v) is 6.00. The van der Waals surface area contributed by atoms with Gasteiger partial charge in [0.05, 0.1) is 16.7 Å². The molecule has 1 aromatic heterocycles. The summed E-state index contributed by atoms with van der Waals surface area (Å²) in [6.45, 7) is 1.12. The Morgan fingerprint density at radius 2 is 2.17 bits per heavy atom. The molecule has 0 amide bonds. The van der Waals surface area contributed by atoms with Gasteiger partial charge < -0.3 is 5.32 Å². The largest absolute Gasteiger partial charge is 0.309 e. The molecule has 1 aromatic carbocycles. The van der Waals surface area contributed by atoms with Crippen molar-refractivity contribution in [3.05, 3.63) is 50.9 Å². The highest BCUT2D eigenvalue weighted by Crippen LogP contribution is 2.25. The lowest BCUT2D eigenvalue weighted by Gasteiger charge is -2.05. The average molecular weight is 279 g/mol. The Bertz CT molecular complexity index is 515. The second kappa shape index (κ2) is 5.39. The van der Waals surface area contributed by atoms with Gasteiger partial charge in [-0.3, -0.25) is 0 Å². The Balaban J connectivity index is 1.71. The second-order valence-electron chi connectivity index (χ2n) is 4.62. The van der Waals surface area contributed by atoms with E-state index < -0.39 is 0 Å². The van der Waals surface area contributed by atoms with Crippen LogP contribution in [0.5, 0.6) is 0 Å². The Morgan fingerprint density at radius 1 is 1.33 bits per heavy atom. The van der Waals surface area contributed by atoms with Crippen molar-refractivity contribution < 1.29 is 0 Å². The Kier molecular flexibility index (Phi) is 3.64. The minimum atomic E-state index is 0.472. The van der Waals surface area contributed by atoms with Crippen LogP contribution in [0.25, 0.3) is 0 Å². The fourth-order valence-electron chi connectivity index (χ4n) is 2.28. The van der Waals surface area contributed by atoms with Crippen LogP contribution >= 0.6 is 22.9 Å². The summed E-state index contributed by atoms with van der Waals surface area (Å²) in [7, 11) is 0. The minimum absolute atomic E-state index is 0.472. The molecule has 2 nitrogen and oxygen atoms in total. The molecule has 1 fully saturated rings. The Morgan fingerprint density at radius 3 is 2.89 bits per heavy atom. The summed E-state index contributed by atoms with van der Waals surface area (Å²) >= 11 is 7.63. The molecule has 94 valence electrons. The minimum Gasteiger partial charge on any atom is -0.309 e. The van der Waals surface area contributed by atoms with Crippen LogP contribution in [0.1, 0.15) is 35.1 Å². The number of halogens is 1. The number of hydrogen-bond donors (Lipinski definition) is 1. The average Bonchev–Trinajstić information content (AvgIpc) is 3.02. The molecular weight excluding hydrogens is 264 g/mol. The maximum Gasteiger partial charge on any atom is 0.0972 e. The molecule has 1 atom stereocenters. The molecule has 0 aliphatic carbocycles. The van der Waals surface area contributed by atoms with Gasteiger partial charge in [0.15, 0.2) is 0 Å². The van der Waals surface area contributed by atoms with E-state index in [1.807, 2.05) is 12.1 Å². The van der Waals surface area contributed by atoms with Gasteiger partial charge in [0.1, 0.15) is 0 Å². The molecule has 1 saturated heterocycles. The van der Waals surface area contributed by atoms with E-state index in [-0.39, 0.29) is 0 Å². The maximum atomic E-state index is 5.88. The standard InChI is InChI=1S/C14H15ClN2S/c15-11-5-3-10(4-6-11)8-14-17-13(9-18-14)12-2-1-7-16-12/h3-6,9,12,16H,1-2,7-8H2. The first-order valence-electron chi connectivity index (χ1n) is 6.23. The first-order chi connectivity index (χ1) is 8.81. The van der Waals surface area contributed by atoms with Crippen LogP contribution in [0.2, 0.25) is 5.02 Å². The van der Waals surface area contributed by atoms with Crippen molar-refractivity contribution >= 4 is 22.9 Å². The highest BCUT2D eigenvalue weighted by Gasteiger charge is 2.18. The summed E-state index contributed by atoms with van der Waals surface area (Å²) in [6.07, 6.45) is 3.37. The van der Waals surface area contributed by atoms with Crippen LogP contribution in [0.15, 0.2) is 29.6 Å². The van der Waals surface area contributed by atoms with Gasteiger partial charge in [0, 0.05) is 16.8 Å². The lowest BCUT2D eigenvalue weighted by Crippen LogP contribution is -2.13. The number of benzene rings is 1. The third-order valence-corrected chi connectivity index (χ3v) is 4.37. The van der Waals surface area contributed by atoms with Crippen molar-refractivity contribution in [2.45, 2.75) is 25.3 Å². The van der Waals surface area contributed by atoms with Crippen LogP contribution < -0.4 is 5.32 Å². The molecular formula is C14H15ClN2S. The zero-order valence-electron chi connectivity index (χ0n) is 10.0. The predicted octanol–water partition coefficient (Wildman–Crippen LogP) is 3.81. The molecule has 4 heteroatoms. The van der Waals surface area contributed by atoms with Gasteiger partial charge in [-0.1, -0.05) is 23.7 Å². The van der Waals surface area contributed by atoms with Crippen molar-refractivity contribution in [1.29, 1.82) is 0 Å². The fourth-order valence-corrected chi connectivity index (χ4v) is 3.29. The van der Waals surface area contributed by atoms with Gasteiger partial charge >= 0.3 is 0 Å². The van der Waals surface area contributed by atoms with Crippen molar-refractivity contribution in [2.24, 2.45) is 0 Å². The van der Waals surface area contributed by atoms with Crippen molar-refractivity contribution in [3.8, 4) is 0 Å². The topological polar surface area (TPSA) is 24.9 Å². The summed E-state index contributed by atoms with van der Waals surface area (Å²) in [4.78, 5) is 4.73. The molecule has 1 aliphatic rings. The van der Waals surface area contributed by atoms with E-state index >= 15 is 0 Å². The van der Waals surface area contributed by atoms with Crippen LogP contribution in [0, 0.1) is 0 Å². The van der Waals surface area contributed by atoms with Crippen LogP contribution in [0.3, 0.4) is 0 Å². The van der Waals surface area contributed by atoms with E-state index in [0.29, 0.717) is 6.04 Å². The third kappa shape index (κ3) is 2.74. The van der Waals surface area contributed by atoms with Crippen molar-refractivity contribution in [2.75, 3.05) is 6.54 Å². The van der Waals surface area contributed by atoms with Crippen LogP contribution in [-0.4, -0.2) is 11.5 Å². The number of aromatic nitrogens is 1. The number of nitrogens with zero attached hydrogens (tertiary/aromatic N) is 1. The van der Waals surface area contributed by atoms with Gasteiger partial charge in [-0.2, -0.15) is 0 Å². The summed E-state index contributed by atoms with van der Waals surface area (Å²) in [5.41, 5.74) is 2.47. The van der Waals surface area contributed by atoms with Gasteiger partial charge in [-0.05, 0) is 37.1 Å². The molecule has 0 spiro atoms. The molecule has 0 bridgehead atoms. The summed E-state index contributed by atoms with van der Waals surface area (Å²) in [5.74, 6) is 0. The van der Waals surface area contributed by atoms with Crippen LogP contribution in [-0.2, 0) is 6.42 Å². The van der Waals surface area contributed by atoms with Gasteiger partial charge in [0.2, 0.25) is 0 Å². The van der Waals surface area contributed by atoms with E-state index in [2.05, 4.69) is 22.8 Å². The maximum absolute atomic E-state index is 5.88. The number of nitrogens with one attached hydrogen (secondary N) is 1.